The number of carbonyl (C=O) groups excluding carboxylic acids is 1. The van der Waals surface area contributed by atoms with Gasteiger partial charge in [-0.05, 0) is 48.0 Å². The summed E-state index contributed by atoms with van der Waals surface area (Å²) >= 11 is 6.01. The molecule has 0 aliphatic rings. The van der Waals surface area contributed by atoms with E-state index in [9.17, 15) is 4.79 Å². The molecule has 0 amide bonds. The first-order valence-corrected chi connectivity index (χ1v) is 7.71. The van der Waals surface area contributed by atoms with Crippen LogP contribution in [-0.4, -0.2) is 18.1 Å². The first-order chi connectivity index (χ1) is 11.7. The van der Waals surface area contributed by atoms with Crippen molar-refractivity contribution in [2.45, 2.75) is 0 Å². The second kappa shape index (κ2) is 7.15. The molecule has 0 fully saturated rings. The van der Waals surface area contributed by atoms with Crippen molar-refractivity contribution in [1.29, 1.82) is 0 Å². The van der Waals surface area contributed by atoms with Crippen molar-refractivity contribution in [2.24, 2.45) is 0 Å². The third kappa shape index (κ3) is 3.73. The molecule has 0 spiro atoms. The van der Waals surface area contributed by atoms with Crippen LogP contribution in [0.4, 0.5) is 11.4 Å². The number of benzene rings is 2. The van der Waals surface area contributed by atoms with Crippen LogP contribution < -0.4 is 5.32 Å². The van der Waals surface area contributed by atoms with Gasteiger partial charge in [-0.15, -0.1) is 0 Å². The highest BCUT2D eigenvalue weighted by Gasteiger charge is 2.03. The van der Waals surface area contributed by atoms with Gasteiger partial charge in [0.2, 0.25) is 0 Å². The molecule has 1 aromatic heterocycles. The quantitative estimate of drug-likeness (QED) is 0.547. The Balaban J connectivity index is 1.82. The van der Waals surface area contributed by atoms with Gasteiger partial charge in [0.15, 0.2) is 0 Å². The molecule has 5 heteroatoms. The van der Waals surface area contributed by atoms with Crippen LogP contribution in [0, 0.1) is 0 Å². The van der Waals surface area contributed by atoms with E-state index in [-0.39, 0.29) is 5.97 Å². The molecule has 0 radical (unpaired) electrons. The maximum atomic E-state index is 11.1. The van der Waals surface area contributed by atoms with Gasteiger partial charge >= 0.3 is 5.97 Å². The van der Waals surface area contributed by atoms with E-state index in [0.29, 0.717) is 5.02 Å². The summed E-state index contributed by atoms with van der Waals surface area (Å²) < 4.78 is 4.57. The Bertz CT molecular complexity index is 905. The lowest BCUT2D eigenvalue weighted by atomic mass is 10.1. The number of rotatable bonds is 4. The highest BCUT2D eigenvalue weighted by molar-refractivity contribution is 6.31. The average molecular weight is 339 g/mol. The molecule has 4 nitrogen and oxygen atoms in total. The second-order valence-electron chi connectivity index (χ2n) is 5.12. The normalized spacial score (nSPS) is 10.9. The number of nitrogens with one attached hydrogen (secondary N) is 1. The van der Waals surface area contributed by atoms with Gasteiger partial charge in [-0.25, -0.2) is 4.79 Å². The van der Waals surface area contributed by atoms with E-state index in [1.807, 2.05) is 48.5 Å². The van der Waals surface area contributed by atoms with Gasteiger partial charge in [-0.3, -0.25) is 4.98 Å². The highest BCUT2D eigenvalue weighted by atomic mass is 35.5. The molecule has 0 bridgehead atoms. The van der Waals surface area contributed by atoms with E-state index in [1.54, 1.807) is 12.3 Å². The monoisotopic (exact) mass is 338 g/mol. The van der Waals surface area contributed by atoms with Crippen molar-refractivity contribution in [2.75, 3.05) is 12.4 Å². The number of ether oxygens (including phenoxy) is 1. The van der Waals surface area contributed by atoms with Gasteiger partial charge in [-0.1, -0.05) is 23.7 Å². The molecule has 0 aliphatic carbocycles. The van der Waals surface area contributed by atoms with Gasteiger partial charge in [0.1, 0.15) is 0 Å². The van der Waals surface area contributed by atoms with E-state index in [4.69, 9.17) is 11.6 Å². The number of carbonyl (C=O) groups is 1. The van der Waals surface area contributed by atoms with Crippen LogP contribution in [0.5, 0.6) is 0 Å². The van der Waals surface area contributed by atoms with Crippen LogP contribution in [0.3, 0.4) is 0 Å². The van der Waals surface area contributed by atoms with Crippen LogP contribution in [-0.2, 0) is 9.53 Å². The molecule has 0 unspecified atom stereocenters. The number of hydrogen-bond donors (Lipinski definition) is 1. The van der Waals surface area contributed by atoms with Crippen molar-refractivity contribution in [3.05, 3.63) is 71.4 Å². The Hall–Kier alpha value is -2.85. The van der Waals surface area contributed by atoms with Crippen LogP contribution in [0.1, 0.15) is 5.56 Å². The average Bonchev–Trinajstić information content (AvgIpc) is 2.60. The molecule has 0 saturated carbocycles. The summed E-state index contributed by atoms with van der Waals surface area (Å²) in [7, 11) is 1.35. The molecule has 24 heavy (non-hydrogen) atoms. The van der Waals surface area contributed by atoms with Crippen LogP contribution >= 0.6 is 11.6 Å². The van der Waals surface area contributed by atoms with Crippen molar-refractivity contribution in [3.8, 4) is 0 Å². The lowest BCUT2D eigenvalue weighted by Crippen LogP contribution is -1.94. The van der Waals surface area contributed by atoms with Crippen molar-refractivity contribution in [1.82, 2.24) is 4.98 Å². The van der Waals surface area contributed by atoms with Gasteiger partial charge in [0.05, 0.1) is 12.6 Å². The van der Waals surface area contributed by atoms with Crippen LogP contribution in [0.15, 0.2) is 60.8 Å². The van der Waals surface area contributed by atoms with E-state index in [2.05, 4.69) is 15.0 Å². The fourth-order valence-electron chi connectivity index (χ4n) is 2.30. The molecular formula is C19H15ClN2O2. The minimum atomic E-state index is -0.376. The van der Waals surface area contributed by atoms with Gasteiger partial charge in [0.25, 0.3) is 0 Å². The number of nitrogens with zero attached hydrogens (tertiary/aromatic N) is 1. The zero-order valence-electron chi connectivity index (χ0n) is 13.0. The summed E-state index contributed by atoms with van der Waals surface area (Å²) in [5, 5.41) is 5.03. The number of pyridine rings is 1. The smallest absolute Gasteiger partial charge is 0.330 e. The molecule has 2 aromatic carbocycles. The molecule has 3 aromatic rings. The number of aromatic nitrogens is 1. The largest absolute Gasteiger partial charge is 0.466 e. The first kappa shape index (κ1) is 16.0. The molecule has 0 aliphatic heterocycles. The Labute approximate surface area is 144 Å². The third-order valence-electron chi connectivity index (χ3n) is 3.51. The minimum Gasteiger partial charge on any atom is -0.466 e. The second-order valence-corrected chi connectivity index (χ2v) is 5.56. The Kier molecular flexibility index (Phi) is 4.77. The maximum absolute atomic E-state index is 11.1. The fraction of sp³-hybridized carbons (Fsp3) is 0.0526. The number of methoxy groups -OCH3 is 1. The van der Waals surface area contributed by atoms with Gasteiger partial charge < -0.3 is 10.1 Å². The number of fused-ring (bicyclic) bond motifs is 1. The Morgan fingerprint density at radius 3 is 2.71 bits per heavy atom. The summed E-state index contributed by atoms with van der Waals surface area (Å²) in [5.41, 5.74) is 3.64. The molecule has 120 valence electrons. The molecule has 1 N–H and O–H groups in total. The summed E-state index contributed by atoms with van der Waals surface area (Å²) in [6.45, 7) is 0. The molecule has 3 rings (SSSR count). The molecular weight excluding hydrogens is 324 g/mol. The summed E-state index contributed by atoms with van der Waals surface area (Å²) in [6.07, 6.45) is 4.84. The third-order valence-corrected chi connectivity index (χ3v) is 3.74. The molecule has 0 atom stereocenters. The zero-order valence-corrected chi connectivity index (χ0v) is 13.7. The molecule has 0 saturated heterocycles. The van der Waals surface area contributed by atoms with Gasteiger partial charge in [-0.2, -0.15) is 0 Å². The number of hydrogen-bond acceptors (Lipinski definition) is 4. The Morgan fingerprint density at radius 1 is 1.17 bits per heavy atom. The van der Waals surface area contributed by atoms with Crippen molar-refractivity contribution < 1.29 is 9.53 Å². The SMILES string of the molecule is COC(=O)/C=C/c1ccc(Nc2ccnc3cc(Cl)ccc23)cc1. The van der Waals surface area contributed by atoms with E-state index in [1.165, 1.54) is 13.2 Å². The maximum Gasteiger partial charge on any atom is 0.330 e. The lowest BCUT2D eigenvalue weighted by Gasteiger charge is -2.10. The predicted octanol–water partition coefficient (Wildman–Crippen LogP) is 4.82. The van der Waals surface area contributed by atoms with Crippen molar-refractivity contribution >= 4 is 45.9 Å². The lowest BCUT2D eigenvalue weighted by molar-refractivity contribution is -0.134. The Morgan fingerprint density at radius 2 is 1.96 bits per heavy atom. The molecule has 1 heterocycles. The van der Waals surface area contributed by atoms with Gasteiger partial charge in [0, 0.05) is 34.1 Å². The number of esters is 1. The summed E-state index contributed by atoms with van der Waals surface area (Å²) in [6, 6.07) is 15.3. The van der Waals surface area contributed by atoms with E-state index < -0.39 is 0 Å². The highest BCUT2D eigenvalue weighted by Crippen LogP contribution is 2.27. The van der Waals surface area contributed by atoms with E-state index >= 15 is 0 Å². The van der Waals surface area contributed by atoms with Crippen molar-refractivity contribution in [3.63, 3.8) is 0 Å². The predicted molar refractivity (Wildman–Crippen MR) is 97.5 cm³/mol. The minimum absolute atomic E-state index is 0.376. The van der Waals surface area contributed by atoms with Crippen LogP contribution in [0.2, 0.25) is 5.02 Å². The summed E-state index contributed by atoms with van der Waals surface area (Å²) in [5.74, 6) is -0.376. The fourth-order valence-corrected chi connectivity index (χ4v) is 2.46. The van der Waals surface area contributed by atoms with E-state index in [0.717, 1.165) is 27.8 Å². The first-order valence-electron chi connectivity index (χ1n) is 7.33. The topological polar surface area (TPSA) is 51.2 Å². The summed E-state index contributed by atoms with van der Waals surface area (Å²) in [4.78, 5) is 15.4. The number of anilines is 2. The zero-order chi connectivity index (χ0) is 16.9. The van der Waals surface area contributed by atoms with Crippen LogP contribution in [0.25, 0.3) is 17.0 Å². The number of halogens is 1. The standard InChI is InChI=1S/C19H15ClN2O2/c1-24-19(23)9-4-13-2-6-15(7-3-13)22-17-10-11-21-18-12-14(20)5-8-16(17)18/h2-12H,1H3,(H,21,22)/b9-4+.